The molecule has 1 amide bonds. The Bertz CT molecular complexity index is 1490. The first kappa shape index (κ1) is 23.3. The van der Waals surface area contributed by atoms with E-state index in [4.69, 9.17) is 20.8 Å². The van der Waals surface area contributed by atoms with Gasteiger partial charge in [0.15, 0.2) is 5.58 Å². The third kappa shape index (κ3) is 4.61. The van der Waals surface area contributed by atoms with Crippen molar-refractivity contribution in [1.82, 2.24) is 4.98 Å². The maximum atomic E-state index is 14.2. The van der Waals surface area contributed by atoms with E-state index in [0.717, 1.165) is 12.1 Å². The van der Waals surface area contributed by atoms with Crippen LogP contribution in [-0.2, 0) is 6.61 Å². The average Bonchev–Trinajstić information content (AvgIpc) is 2.81. The average molecular weight is 486 g/mol. The molecule has 2 N–H and O–H groups in total. The first-order valence-corrected chi connectivity index (χ1v) is 10.4. The second-order valence-corrected chi connectivity index (χ2v) is 7.68. The number of aromatic nitrogens is 1. The van der Waals surface area contributed by atoms with Gasteiger partial charge in [0.1, 0.15) is 28.6 Å². The van der Waals surface area contributed by atoms with E-state index in [1.807, 2.05) is 0 Å². The number of hydrogen-bond acceptors (Lipinski definition) is 6. The fourth-order valence-corrected chi connectivity index (χ4v) is 3.47. The van der Waals surface area contributed by atoms with Crippen molar-refractivity contribution >= 4 is 39.9 Å². The van der Waals surface area contributed by atoms with Crippen LogP contribution in [0.25, 0.3) is 11.0 Å². The number of rotatable bonds is 5. The lowest BCUT2D eigenvalue weighted by Crippen LogP contribution is -2.22. The number of nitrogens with one attached hydrogen (secondary N) is 1. The van der Waals surface area contributed by atoms with E-state index in [2.05, 4.69) is 15.3 Å². The number of amides is 1. The van der Waals surface area contributed by atoms with Crippen molar-refractivity contribution in [3.05, 3.63) is 87.7 Å². The van der Waals surface area contributed by atoms with Crippen LogP contribution in [0.1, 0.15) is 21.6 Å². The molecular weight excluding hydrogens is 468 g/mol. The van der Waals surface area contributed by atoms with Gasteiger partial charge in [0.25, 0.3) is 5.91 Å². The maximum absolute atomic E-state index is 14.2. The van der Waals surface area contributed by atoms with Crippen molar-refractivity contribution in [2.24, 2.45) is 4.99 Å². The number of methoxy groups -OCH3 is 1. The summed E-state index contributed by atoms with van der Waals surface area (Å²) in [6.45, 7) is 1.34. The fourth-order valence-electron chi connectivity index (χ4n) is 3.30. The molecule has 0 aliphatic carbocycles. The molecule has 0 radical (unpaired) electrons. The molecule has 0 bridgehead atoms. The van der Waals surface area contributed by atoms with E-state index in [9.17, 15) is 18.7 Å². The van der Waals surface area contributed by atoms with Gasteiger partial charge in [-0.3, -0.25) is 9.78 Å². The molecule has 4 aromatic rings. The monoisotopic (exact) mass is 485 g/mol. The summed E-state index contributed by atoms with van der Waals surface area (Å²) in [5, 5.41) is 12.9. The second kappa shape index (κ2) is 9.58. The van der Waals surface area contributed by atoms with Gasteiger partial charge < -0.3 is 19.6 Å². The number of hydrogen-bond donors (Lipinski definition) is 2. The standard InChI is InChI=1S/C24H18ClF2N3O4/c1-12-22-16(13(11-31)10-28-12)9-17(23(32)29-19-5-4-15(26)8-18(19)27)24(34-22)30-20-7-14(25)3-6-21(20)33-2/h3-10,31H,11H2,1-2H3,(H,29,32). The van der Waals surface area contributed by atoms with Crippen LogP contribution in [0.2, 0.25) is 5.02 Å². The first-order valence-electron chi connectivity index (χ1n) is 9.98. The van der Waals surface area contributed by atoms with E-state index in [1.165, 1.54) is 25.4 Å². The Morgan fingerprint density at radius 1 is 1.24 bits per heavy atom. The van der Waals surface area contributed by atoms with E-state index < -0.39 is 17.5 Å². The molecule has 2 aromatic carbocycles. The van der Waals surface area contributed by atoms with Gasteiger partial charge in [0.05, 0.1) is 25.1 Å². The van der Waals surface area contributed by atoms with Gasteiger partial charge in [-0.25, -0.2) is 13.8 Å². The molecule has 4 rings (SSSR count). The van der Waals surface area contributed by atoms with Crippen LogP contribution in [-0.4, -0.2) is 23.1 Å². The topological polar surface area (TPSA) is 97.0 Å². The van der Waals surface area contributed by atoms with Crippen molar-refractivity contribution in [1.29, 1.82) is 0 Å². The van der Waals surface area contributed by atoms with Crippen molar-refractivity contribution < 1.29 is 27.8 Å². The van der Waals surface area contributed by atoms with Crippen molar-refractivity contribution in [2.75, 3.05) is 12.4 Å². The number of aliphatic hydroxyl groups is 1. The molecule has 0 aliphatic heterocycles. The first-order chi connectivity index (χ1) is 16.3. The molecule has 2 aromatic heterocycles. The second-order valence-electron chi connectivity index (χ2n) is 7.24. The predicted octanol–water partition coefficient (Wildman–Crippen LogP) is 5.05. The summed E-state index contributed by atoms with van der Waals surface area (Å²) in [7, 11) is 1.45. The molecule has 2 heterocycles. The summed E-state index contributed by atoms with van der Waals surface area (Å²) in [5.74, 6) is -2.13. The smallest absolute Gasteiger partial charge is 0.261 e. The zero-order chi connectivity index (χ0) is 24.4. The SMILES string of the molecule is COc1ccc(Cl)cc1N=c1oc2c(C)ncc(CO)c2cc1C(=O)Nc1ccc(F)cc1F. The summed E-state index contributed by atoms with van der Waals surface area (Å²) < 4.78 is 38.7. The van der Waals surface area contributed by atoms with Crippen LogP contribution in [0, 0.1) is 18.6 Å². The van der Waals surface area contributed by atoms with Gasteiger partial charge in [-0.2, -0.15) is 0 Å². The number of carbonyl (C=O) groups excluding carboxylic acids is 1. The highest BCUT2D eigenvalue weighted by atomic mass is 35.5. The lowest BCUT2D eigenvalue weighted by Gasteiger charge is -2.11. The molecule has 0 fully saturated rings. The normalized spacial score (nSPS) is 11.6. The Hall–Kier alpha value is -3.82. The number of ether oxygens (including phenoxy) is 1. The maximum Gasteiger partial charge on any atom is 0.261 e. The largest absolute Gasteiger partial charge is 0.494 e. The molecule has 34 heavy (non-hydrogen) atoms. The van der Waals surface area contributed by atoms with Gasteiger partial charge >= 0.3 is 0 Å². The zero-order valence-corrected chi connectivity index (χ0v) is 18.8. The number of benzene rings is 2. The van der Waals surface area contributed by atoms with Crippen molar-refractivity contribution in [3.63, 3.8) is 0 Å². The number of fused-ring (bicyclic) bond motifs is 1. The number of anilines is 1. The molecule has 10 heteroatoms. The zero-order valence-electron chi connectivity index (χ0n) is 18.0. The number of aryl methyl sites for hydroxylation is 1. The van der Waals surface area contributed by atoms with Crippen LogP contribution in [0.5, 0.6) is 5.75 Å². The minimum absolute atomic E-state index is 0.0708. The molecule has 0 atom stereocenters. The lowest BCUT2D eigenvalue weighted by molar-refractivity contribution is 0.102. The van der Waals surface area contributed by atoms with Gasteiger partial charge in [0.2, 0.25) is 5.55 Å². The summed E-state index contributed by atoms with van der Waals surface area (Å²) >= 11 is 6.10. The van der Waals surface area contributed by atoms with Crippen molar-refractivity contribution in [2.45, 2.75) is 13.5 Å². The number of nitrogens with zero attached hydrogens (tertiary/aromatic N) is 2. The Morgan fingerprint density at radius 3 is 2.74 bits per heavy atom. The molecule has 7 nitrogen and oxygen atoms in total. The van der Waals surface area contributed by atoms with E-state index in [0.29, 0.717) is 39.1 Å². The van der Waals surface area contributed by atoms with E-state index in [-0.39, 0.29) is 29.1 Å². The van der Waals surface area contributed by atoms with E-state index >= 15 is 0 Å². The van der Waals surface area contributed by atoms with Crippen LogP contribution >= 0.6 is 11.6 Å². The Labute approximate surface area is 197 Å². The summed E-state index contributed by atoms with van der Waals surface area (Å²) in [6, 6.07) is 8.98. The third-order valence-electron chi connectivity index (χ3n) is 5.01. The Morgan fingerprint density at radius 2 is 2.03 bits per heavy atom. The van der Waals surface area contributed by atoms with Gasteiger partial charge in [-0.1, -0.05) is 11.6 Å². The predicted molar refractivity (Wildman–Crippen MR) is 122 cm³/mol. The minimum Gasteiger partial charge on any atom is -0.494 e. The minimum atomic E-state index is -0.947. The van der Waals surface area contributed by atoms with Crippen LogP contribution in [0.4, 0.5) is 20.2 Å². The quantitative estimate of drug-likeness (QED) is 0.412. The molecule has 174 valence electrons. The Kier molecular flexibility index (Phi) is 6.58. The summed E-state index contributed by atoms with van der Waals surface area (Å²) in [4.78, 5) is 21.8. The third-order valence-corrected chi connectivity index (χ3v) is 5.24. The van der Waals surface area contributed by atoms with Gasteiger partial charge in [-0.15, -0.1) is 0 Å². The number of aliphatic hydroxyl groups excluding tert-OH is 1. The van der Waals surface area contributed by atoms with Gasteiger partial charge in [-0.05, 0) is 43.3 Å². The number of carbonyl (C=O) groups is 1. The highest BCUT2D eigenvalue weighted by Gasteiger charge is 2.18. The summed E-state index contributed by atoms with van der Waals surface area (Å²) in [6.07, 6.45) is 1.46. The highest BCUT2D eigenvalue weighted by molar-refractivity contribution is 6.30. The number of pyridine rings is 1. The molecule has 0 spiro atoms. The lowest BCUT2D eigenvalue weighted by atomic mass is 10.1. The fraction of sp³-hybridized carbons (Fsp3) is 0.125. The van der Waals surface area contributed by atoms with Crippen LogP contribution in [0.15, 0.2) is 58.1 Å². The van der Waals surface area contributed by atoms with Crippen molar-refractivity contribution in [3.8, 4) is 5.75 Å². The summed E-state index contributed by atoms with van der Waals surface area (Å²) in [5.41, 5.74) is 1.06. The molecule has 0 unspecified atom stereocenters. The van der Waals surface area contributed by atoms with E-state index in [1.54, 1.807) is 19.1 Å². The number of halogens is 3. The van der Waals surface area contributed by atoms with Crippen LogP contribution in [0.3, 0.4) is 0 Å². The Balaban J connectivity index is 1.96. The van der Waals surface area contributed by atoms with Crippen LogP contribution < -0.4 is 15.6 Å². The molecular formula is C24H18ClF2N3O4. The molecule has 0 saturated carbocycles. The van der Waals surface area contributed by atoms with Gasteiger partial charge in [0, 0.05) is 28.2 Å². The molecule has 0 saturated heterocycles. The highest BCUT2D eigenvalue weighted by Crippen LogP contribution is 2.30. The molecule has 0 aliphatic rings.